The molecule has 0 aromatic heterocycles. The lowest BCUT2D eigenvalue weighted by molar-refractivity contribution is -0.121. The molecule has 1 radical (unpaired) electrons. The number of rotatable bonds is 21. The minimum atomic E-state index is -0.126. The molecule has 1 unspecified atom stereocenters. The smallest absolute Gasteiger partial charge is 0.220 e. The topological polar surface area (TPSA) is 55.4 Å². The summed E-state index contributed by atoms with van der Waals surface area (Å²) in [5.41, 5.74) is 1.02. The van der Waals surface area contributed by atoms with E-state index in [1.165, 1.54) is 57.8 Å². The van der Waals surface area contributed by atoms with Gasteiger partial charge in [0.15, 0.2) is 6.29 Å². The van der Waals surface area contributed by atoms with Gasteiger partial charge in [-0.3, -0.25) is 9.59 Å². The van der Waals surface area contributed by atoms with Crippen molar-refractivity contribution in [2.24, 2.45) is 23.7 Å². The molecule has 0 saturated heterocycles. The van der Waals surface area contributed by atoms with Gasteiger partial charge in [0.1, 0.15) is 5.75 Å². The van der Waals surface area contributed by atoms with E-state index in [4.69, 9.17) is 4.74 Å². The summed E-state index contributed by atoms with van der Waals surface area (Å²) in [6.07, 6.45) is 15.4. The first-order valence-corrected chi connectivity index (χ1v) is 14.1. The Labute approximate surface area is 216 Å². The minimum Gasteiger partial charge on any atom is -0.494 e. The molecular formula is C31H52NO3. The van der Waals surface area contributed by atoms with E-state index in [2.05, 4.69) is 39.9 Å². The van der Waals surface area contributed by atoms with Crippen LogP contribution in [0.4, 0.5) is 0 Å². The van der Waals surface area contributed by atoms with Crippen LogP contribution in [-0.4, -0.2) is 18.8 Å². The highest BCUT2D eigenvalue weighted by Gasteiger charge is 2.09. The third-order valence-electron chi connectivity index (χ3n) is 7.01. The van der Waals surface area contributed by atoms with Crippen molar-refractivity contribution in [3.05, 3.63) is 29.8 Å². The monoisotopic (exact) mass is 486 g/mol. The molecule has 35 heavy (non-hydrogen) atoms. The van der Waals surface area contributed by atoms with Gasteiger partial charge < -0.3 is 10.1 Å². The van der Waals surface area contributed by atoms with Crippen molar-refractivity contribution in [3.63, 3.8) is 0 Å². The number of nitrogens with one attached hydrogen (secondary N) is 1. The van der Waals surface area contributed by atoms with E-state index in [0.29, 0.717) is 12.5 Å². The molecule has 199 valence electrons. The summed E-state index contributed by atoms with van der Waals surface area (Å²) < 4.78 is 5.92. The van der Waals surface area contributed by atoms with Gasteiger partial charge in [0.05, 0.1) is 6.61 Å². The Morgan fingerprint density at radius 3 is 1.83 bits per heavy atom. The SMILES string of the molecule is CC(C)CCC[C@@H](C)CCC[C@@H](C)CCCC(C)CCOc1ccc(CNC(=O)CC[C]=O)cc1. The van der Waals surface area contributed by atoms with Crippen LogP contribution in [0.1, 0.15) is 117 Å². The highest BCUT2D eigenvalue weighted by molar-refractivity contribution is 5.78. The van der Waals surface area contributed by atoms with E-state index >= 15 is 0 Å². The van der Waals surface area contributed by atoms with E-state index in [0.717, 1.165) is 42.1 Å². The normalized spacial score (nSPS) is 13.9. The van der Waals surface area contributed by atoms with Gasteiger partial charge >= 0.3 is 0 Å². The van der Waals surface area contributed by atoms with E-state index in [-0.39, 0.29) is 18.7 Å². The number of amides is 1. The number of benzene rings is 1. The molecular weight excluding hydrogens is 434 g/mol. The van der Waals surface area contributed by atoms with Crippen molar-refractivity contribution in [1.82, 2.24) is 5.32 Å². The Bertz CT molecular complexity index is 670. The highest BCUT2D eigenvalue weighted by Crippen LogP contribution is 2.23. The molecule has 0 fully saturated rings. The van der Waals surface area contributed by atoms with Crippen LogP contribution in [0.15, 0.2) is 24.3 Å². The second-order valence-electron chi connectivity index (χ2n) is 11.2. The van der Waals surface area contributed by atoms with E-state index in [1.807, 2.05) is 24.3 Å². The highest BCUT2D eigenvalue weighted by atomic mass is 16.5. The molecule has 4 nitrogen and oxygen atoms in total. The Balaban J connectivity index is 2.08. The lowest BCUT2D eigenvalue weighted by atomic mass is 9.91. The van der Waals surface area contributed by atoms with Gasteiger partial charge in [-0.05, 0) is 47.8 Å². The fraction of sp³-hybridized carbons (Fsp3) is 0.742. The molecule has 1 amide bonds. The maximum atomic E-state index is 11.6. The Morgan fingerprint density at radius 1 is 0.800 bits per heavy atom. The van der Waals surface area contributed by atoms with Gasteiger partial charge in [0.25, 0.3) is 0 Å². The quantitative estimate of drug-likeness (QED) is 0.191. The van der Waals surface area contributed by atoms with E-state index in [9.17, 15) is 9.59 Å². The van der Waals surface area contributed by atoms with Gasteiger partial charge in [-0.2, -0.15) is 0 Å². The molecule has 4 heteroatoms. The maximum Gasteiger partial charge on any atom is 0.220 e. The molecule has 1 rings (SSSR count). The van der Waals surface area contributed by atoms with Gasteiger partial charge in [0, 0.05) is 19.4 Å². The van der Waals surface area contributed by atoms with Crippen molar-refractivity contribution in [2.75, 3.05) is 6.61 Å². The fourth-order valence-corrected chi connectivity index (χ4v) is 4.47. The van der Waals surface area contributed by atoms with Crippen LogP contribution in [0.25, 0.3) is 0 Å². The average Bonchev–Trinajstić information content (AvgIpc) is 2.82. The standard InChI is InChI=1S/C31H52NO3/c1-25(2)10-6-11-26(3)12-7-13-27(4)14-8-15-28(5)21-23-35-30-19-17-29(18-20-30)24-32-31(34)16-9-22-33/h17-20,25-28H,6-16,21,23-24H2,1-5H3,(H,32,34)/t26-,27-,28?/m1/s1. The van der Waals surface area contributed by atoms with Crippen molar-refractivity contribution < 1.29 is 14.3 Å². The zero-order valence-corrected chi connectivity index (χ0v) is 23.2. The van der Waals surface area contributed by atoms with Gasteiger partial charge in [-0.25, -0.2) is 0 Å². The van der Waals surface area contributed by atoms with Crippen LogP contribution in [0.5, 0.6) is 5.75 Å². The molecule has 0 aliphatic carbocycles. The zero-order valence-electron chi connectivity index (χ0n) is 23.2. The largest absolute Gasteiger partial charge is 0.494 e. The van der Waals surface area contributed by atoms with Crippen LogP contribution in [0.3, 0.4) is 0 Å². The molecule has 1 aromatic carbocycles. The van der Waals surface area contributed by atoms with Crippen LogP contribution in [0.2, 0.25) is 0 Å². The van der Waals surface area contributed by atoms with Gasteiger partial charge in [-0.1, -0.05) is 105 Å². The van der Waals surface area contributed by atoms with Crippen molar-refractivity contribution in [1.29, 1.82) is 0 Å². The van der Waals surface area contributed by atoms with E-state index in [1.54, 1.807) is 6.29 Å². The summed E-state index contributed by atoms with van der Waals surface area (Å²) in [5.74, 6) is 4.00. The number of hydrogen-bond donors (Lipinski definition) is 1. The average molecular weight is 487 g/mol. The lowest BCUT2D eigenvalue weighted by Gasteiger charge is -2.16. The second-order valence-corrected chi connectivity index (χ2v) is 11.2. The lowest BCUT2D eigenvalue weighted by Crippen LogP contribution is -2.22. The molecule has 1 aromatic rings. The van der Waals surface area contributed by atoms with Crippen molar-refractivity contribution >= 4 is 12.2 Å². The summed E-state index contributed by atoms with van der Waals surface area (Å²) in [6, 6.07) is 7.85. The molecule has 0 aliphatic rings. The molecule has 1 N–H and O–H groups in total. The Kier molecular flexibility index (Phi) is 17.3. The minimum absolute atomic E-state index is 0.126. The first-order valence-electron chi connectivity index (χ1n) is 14.1. The maximum absolute atomic E-state index is 11.6. The predicted molar refractivity (Wildman–Crippen MR) is 147 cm³/mol. The Morgan fingerprint density at radius 2 is 1.31 bits per heavy atom. The summed E-state index contributed by atoms with van der Waals surface area (Å²) in [4.78, 5) is 21.8. The number of carbonyl (C=O) groups is 1. The molecule has 0 heterocycles. The predicted octanol–water partition coefficient (Wildman–Crippen LogP) is 8.04. The van der Waals surface area contributed by atoms with Crippen LogP contribution in [-0.2, 0) is 16.1 Å². The van der Waals surface area contributed by atoms with Crippen LogP contribution >= 0.6 is 0 Å². The number of ether oxygens (including phenoxy) is 1. The van der Waals surface area contributed by atoms with Gasteiger partial charge in [0.2, 0.25) is 5.91 Å². The zero-order chi connectivity index (χ0) is 25.9. The first kappa shape index (κ1) is 31.2. The Hall–Kier alpha value is -1.84. The summed E-state index contributed by atoms with van der Waals surface area (Å²) in [5, 5.41) is 2.81. The summed E-state index contributed by atoms with van der Waals surface area (Å²) in [7, 11) is 0. The molecule has 0 saturated carbocycles. The summed E-state index contributed by atoms with van der Waals surface area (Å²) >= 11 is 0. The second kappa shape index (κ2) is 19.4. The fourth-order valence-electron chi connectivity index (χ4n) is 4.47. The number of carbonyl (C=O) groups excluding carboxylic acids is 2. The first-order chi connectivity index (χ1) is 16.8. The van der Waals surface area contributed by atoms with Crippen molar-refractivity contribution in [2.45, 2.75) is 118 Å². The van der Waals surface area contributed by atoms with Crippen LogP contribution < -0.4 is 10.1 Å². The number of hydrogen-bond acceptors (Lipinski definition) is 3. The van der Waals surface area contributed by atoms with E-state index < -0.39 is 0 Å². The summed E-state index contributed by atoms with van der Waals surface area (Å²) in [6.45, 7) is 13.0. The molecule has 0 bridgehead atoms. The molecule has 0 aliphatic heterocycles. The third kappa shape index (κ3) is 17.3. The van der Waals surface area contributed by atoms with Crippen LogP contribution in [0, 0.1) is 23.7 Å². The van der Waals surface area contributed by atoms with Gasteiger partial charge in [-0.15, -0.1) is 0 Å². The van der Waals surface area contributed by atoms with Crippen molar-refractivity contribution in [3.8, 4) is 5.75 Å². The molecule has 0 spiro atoms. The molecule has 3 atom stereocenters. The third-order valence-corrected chi connectivity index (χ3v) is 7.01.